The van der Waals surface area contributed by atoms with Crippen molar-refractivity contribution >= 4 is 20.9 Å². The maximum absolute atomic E-state index is 13.0. The fourth-order valence-corrected chi connectivity index (χ4v) is 5.12. The van der Waals surface area contributed by atoms with E-state index < -0.39 is 10.0 Å². The number of rotatable bonds is 7. The van der Waals surface area contributed by atoms with Gasteiger partial charge in [0.25, 0.3) is 0 Å². The zero-order chi connectivity index (χ0) is 21.3. The number of para-hydroxylation sites is 1. The van der Waals surface area contributed by atoms with Gasteiger partial charge in [0.2, 0.25) is 10.0 Å². The zero-order valence-corrected chi connectivity index (χ0v) is 17.8. The van der Waals surface area contributed by atoms with E-state index in [4.69, 9.17) is 9.26 Å². The second kappa shape index (κ2) is 7.97. The normalized spacial score (nSPS) is 12.9. The van der Waals surface area contributed by atoms with Crippen LogP contribution in [0.2, 0.25) is 0 Å². The van der Waals surface area contributed by atoms with Crippen molar-refractivity contribution < 1.29 is 17.7 Å². The van der Waals surface area contributed by atoms with Crippen LogP contribution < -0.4 is 9.46 Å². The molecule has 0 amide bonds. The predicted molar refractivity (Wildman–Crippen MR) is 114 cm³/mol. The van der Waals surface area contributed by atoms with Crippen molar-refractivity contribution in [1.82, 2.24) is 14.9 Å². The fourth-order valence-electron chi connectivity index (χ4n) is 3.75. The van der Waals surface area contributed by atoms with Gasteiger partial charge in [0.1, 0.15) is 16.3 Å². The minimum atomic E-state index is -3.78. The van der Waals surface area contributed by atoms with Crippen LogP contribution >= 0.6 is 0 Å². The number of aromatic nitrogens is 2. The number of aryl methyl sites for hydroxylation is 2. The highest BCUT2D eigenvalue weighted by Gasteiger charge is 2.26. The SMILES string of the molecule is COc1ccc([C@H](CNS(=O)(=O)c2c(C)noc2C)c2c[nH]c3ccccc23)cc1. The Morgan fingerprint density at radius 2 is 1.87 bits per heavy atom. The van der Waals surface area contributed by atoms with Crippen molar-refractivity contribution in [3.05, 3.63) is 77.3 Å². The number of nitrogens with one attached hydrogen (secondary N) is 2. The summed E-state index contributed by atoms with van der Waals surface area (Å²) < 4.78 is 39.0. The van der Waals surface area contributed by atoms with Crippen molar-refractivity contribution in [2.45, 2.75) is 24.7 Å². The number of sulfonamides is 1. The summed E-state index contributed by atoms with van der Waals surface area (Å²) in [5.41, 5.74) is 3.33. The van der Waals surface area contributed by atoms with Crippen LogP contribution in [0, 0.1) is 13.8 Å². The Kier molecular flexibility index (Phi) is 5.36. The molecule has 0 saturated carbocycles. The van der Waals surface area contributed by atoms with Crippen LogP contribution in [0.5, 0.6) is 5.75 Å². The van der Waals surface area contributed by atoms with Gasteiger partial charge in [-0.3, -0.25) is 0 Å². The minimum absolute atomic E-state index is 0.0925. The predicted octanol–water partition coefficient (Wildman–Crippen LogP) is 3.89. The summed E-state index contributed by atoms with van der Waals surface area (Å²) in [4.78, 5) is 3.37. The maximum atomic E-state index is 13.0. The molecule has 4 rings (SSSR count). The van der Waals surface area contributed by atoms with Gasteiger partial charge in [-0.1, -0.05) is 35.5 Å². The van der Waals surface area contributed by atoms with Gasteiger partial charge >= 0.3 is 0 Å². The number of hydrogen-bond donors (Lipinski definition) is 2. The third-order valence-corrected chi connectivity index (χ3v) is 6.90. The largest absolute Gasteiger partial charge is 0.497 e. The minimum Gasteiger partial charge on any atom is -0.497 e. The highest BCUT2D eigenvalue weighted by molar-refractivity contribution is 7.89. The molecule has 0 saturated heterocycles. The molecule has 0 aliphatic carbocycles. The summed E-state index contributed by atoms with van der Waals surface area (Å²) >= 11 is 0. The van der Waals surface area contributed by atoms with Gasteiger partial charge in [-0.25, -0.2) is 13.1 Å². The smallest absolute Gasteiger partial charge is 0.245 e. The topological polar surface area (TPSA) is 97.2 Å². The van der Waals surface area contributed by atoms with E-state index in [0.29, 0.717) is 5.69 Å². The summed E-state index contributed by atoms with van der Waals surface area (Å²) in [6.07, 6.45) is 1.93. The highest BCUT2D eigenvalue weighted by atomic mass is 32.2. The Labute approximate surface area is 175 Å². The van der Waals surface area contributed by atoms with Crippen LogP contribution in [0.1, 0.15) is 28.5 Å². The van der Waals surface area contributed by atoms with E-state index in [1.807, 2.05) is 54.7 Å². The number of aromatic amines is 1. The van der Waals surface area contributed by atoms with Gasteiger partial charge in [-0.2, -0.15) is 0 Å². The lowest BCUT2D eigenvalue weighted by Crippen LogP contribution is -2.29. The first-order valence-corrected chi connectivity index (χ1v) is 11.0. The highest BCUT2D eigenvalue weighted by Crippen LogP contribution is 2.32. The van der Waals surface area contributed by atoms with Gasteiger partial charge in [-0.05, 0) is 43.2 Å². The Morgan fingerprint density at radius 1 is 1.13 bits per heavy atom. The molecule has 0 bridgehead atoms. The van der Waals surface area contributed by atoms with Crippen LogP contribution in [-0.2, 0) is 10.0 Å². The van der Waals surface area contributed by atoms with E-state index in [0.717, 1.165) is 27.8 Å². The molecule has 4 aromatic rings. The van der Waals surface area contributed by atoms with E-state index in [9.17, 15) is 8.42 Å². The Bertz CT molecular complexity index is 1250. The number of methoxy groups -OCH3 is 1. The lowest BCUT2D eigenvalue weighted by molar-refractivity contribution is 0.390. The van der Waals surface area contributed by atoms with E-state index in [2.05, 4.69) is 14.9 Å². The van der Waals surface area contributed by atoms with E-state index in [-0.39, 0.29) is 23.1 Å². The molecule has 1 atom stereocenters. The third kappa shape index (κ3) is 3.71. The van der Waals surface area contributed by atoms with E-state index in [1.165, 1.54) is 0 Å². The van der Waals surface area contributed by atoms with E-state index >= 15 is 0 Å². The molecule has 2 aromatic heterocycles. The molecular weight excluding hydrogens is 402 g/mol. The Morgan fingerprint density at radius 3 is 2.53 bits per heavy atom. The van der Waals surface area contributed by atoms with Crippen LogP contribution in [-0.4, -0.2) is 32.2 Å². The molecule has 8 heteroatoms. The van der Waals surface area contributed by atoms with Crippen molar-refractivity contribution in [2.75, 3.05) is 13.7 Å². The number of fused-ring (bicyclic) bond motifs is 1. The summed E-state index contributed by atoms with van der Waals surface area (Å²) in [6, 6.07) is 15.6. The Hall–Kier alpha value is -3.10. The molecule has 2 aromatic carbocycles. The third-order valence-electron chi connectivity index (χ3n) is 5.23. The molecular formula is C22H23N3O4S. The fraction of sp³-hybridized carbons (Fsp3) is 0.227. The number of nitrogens with zero attached hydrogens (tertiary/aromatic N) is 1. The van der Waals surface area contributed by atoms with Crippen LogP contribution in [0.3, 0.4) is 0 Å². The molecule has 0 aliphatic rings. The molecule has 0 spiro atoms. The Balaban J connectivity index is 1.72. The number of benzene rings is 2. The summed E-state index contributed by atoms with van der Waals surface area (Å²) in [7, 11) is -2.16. The molecule has 0 radical (unpaired) electrons. The average molecular weight is 426 g/mol. The van der Waals surface area contributed by atoms with Gasteiger partial charge < -0.3 is 14.2 Å². The maximum Gasteiger partial charge on any atom is 0.245 e. The van der Waals surface area contributed by atoms with Crippen molar-refractivity contribution in [3.8, 4) is 5.75 Å². The second-order valence-corrected chi connectivity index (χ2v) is 8.82. The zero-order valence-electron chi connectivity index (χ0n) is 17.0. The molecule has 0 fully saturated rings. The van der Waals surface area contributed by atoms with Gasteiger partial charge in [-0.15, -0.1) is 0 Å². The van der Waals surface area contributed by atoms with Gasteiger partial charge in [0.15, 0.2) is 5.76 Å². The average Bonchev–Trinajstić information content (AvgIpc) is 3.32. The van der Waals surface area contributed by atoms with Crippen LogP contribution in [0.15, 0.2) is 64.1 Å². The van der Waals surface area contributed by atoms with Gasteiger partial charge in [0.05, 0.1) is 7.11 Å². The first-order chi connectivity index (χ1) is 14.4. The van der Waals surface area contributed by atoms with Crippen molar-refractivity contribution in [3.63, 3.8) is 0 Å². The number of H-pyrrole nitrogens is 1. The van der Waals surface area contributed by atoms with E-state index in [1.54, 1.807) is 21.0 Å². The molecule has 0 unspecified atom stereocenters. The molecule has 7 nitrogen and oxygen atoms in total. The molecule has 156 valence electrons. The molecule has 0 aliphatic heterocycles. The lowest BCUT2D eigenvalue weighted by Gasteiger charge is -2.18. The number of ether oxygens (including phenoxy) is 1. The number of hydrogen-bond acceptors (Lipinski definition) is 5. The first kappa shape index (κ1) is 20.2. The summed E-state index contributed by atoms with van der Waals surface area (Å²) in [5, 5.41) is 4.82. The molecule has 2 heterocycles. The van der Waals surface area contributed by atoms with Crippen LogP contribution in [0.25, 0.3) is 10.9 Å². The van der Waals surface area contributed by atoms with Crippen molar-refractivity contribution in [2.24, 2.45) is 0 Å². The monoisotopic (exact) mass is 425 g/mol. The summed E-state index contributed by atoms with van der Waals surface area (Å²) in [5.74, 6) is 0.808. The lowest BCUT2D eigenvalue weighted by atomic mass is 9.91. The quantitative estimate of drug-likeness (QED) is 0.468. The summed E-state index contributed by atoms with van der Waals surface area (Å²) in [6.45, 7) is 3.39. The van der Waals surface area contributed by atoms with Gasteiger partial charge in [0, 0.05) is 29.6 Å². The molecule has 30 heavy (non-hydrogen) atoms. The first-order valence-electron chi connectivity index (χ1n) is 9.53. The molecule has 2 N–H and O–H groups in total. The van der Waals surface area contributed by atoms with Crippen molar-refractivity contribution in [1.29, 1.82) is 0 Å². The van der Waals surface area contributed by atoms with Crippen LogP contribution in [0.4, 0.5) is 0 Å². The standard InChI is InChI=1S/C22H23N3O4S/c1-14-22(15(2)29-25-14)30(26,27)24-13-19(16-8-10-17(28-3)11-9-16)20-12-23-21-7-5-4-6-18(20)21/h4-12,19,23-24H,13H2,1-3H3/t19-/m0/s1. The second-order valence-electron chi connectivity index (χ2n) is 7.12.